The van der Waals surface area contributed by atoms with Crippen molar-refractivity contribution in [2.75, 3.05) is 26.2 Å². The maximum Gasteiger partial charge on any atom is 0.326 e. The summed E-state index contributed by atoms with van der Waals surface area (Å²) in [6, 6.07) is 6.03. The molecule has 1 unspecified atom stereocenters. The molecular formula is C24H34N4O5. The van der Waals surface area contributed by atoms with Crippen LogP contribution in [0.5, 0.6) is 5.75 Å². The van der Waals surface area contributed by atoms with Gasteiger partial charge in [-0.3, -0.25) is 15.0 Å². The maximum absolute atomic E-state index is 12.7. The molecule has 2 amide bonds. The predicted octanol–water partition coefficient (Wildman–Crippen LogP) is 2.22. The number of amides is 2. The number of hydrogen-bond donors (Lipinski definition) is 3. The number of nitrogens with two attached hydrogens (primary N) is 1. The van der Waals surface area contributed by atoms with E-state index in [1.165, 1.54) is 16.2 Å². The molecule has 1 aromatic carbocycles. The first-order valence-electron chi connectivity index (χ1n) is 11.8. The van der Waals surface area contributed by atoms with Crippen molar-refractivity contribution in [2.45, 2.75) is 57.4 Å². The van der Waals surface area contributed by atoms with Crippen molar-refractivity contribution < 1.29 is 24.2 Å². The average Bonchev–Trinajstić information content (AvgIpc) is 2.81. The van der Waals surface area contributed by atoms with Crippen LogP contribution in [0.25, 0.3) is 0 Å². The topological polar surface area (TPSA) is 137 Å². The standard InChI is InChI=1S/C24H34N4O5/c25-21(26)18-8-10-19(11-9-18)33-15-5-4-12-27-13-14-28(23(30)22(27)29)20(24(31)32)16-17-6-2-1-3-7-17/h8-11,17,20H,1-7,12-16H2,(H3,25,26)(H,31,32). The zero-order valence-electron chi connectivity index (χ0n) is 19.0. The summed E-state index contributed by atoms with van der Waals surface area (Å²) >= 11 is 0. The summed E-state index contributed by atoms with van der Waals surface area (Å²) in [7, 11) is 0. The molecule has 9 heteroatoms. The van der Waals surface area contributed by atoms with Gasteiger partial charge in [0.1, 0.15) is 17.6 Å². The van der Waals surface area contributed by atoms with Gasteiger partial charge in [0, 0.05) is 25.2 Å². The highest BCUT2D eigenvalue weighted by Gasteiger charge is 2.39. The fraction of sp³-hybridized carbons (Fsp3) is 0.583. The van der Waals surface area contributed by atoms with Crippen LogP contribution in [0.1, 0.15) is 56.9 Å². The summed E-state index contributed by atoms with van der Waals surface area (Å²) in [5.41, 5.74) is 6.06. The molecule has 1 aromatic rings. The van der Waals surface area contributed by atoms with Gasteiger partial charge in [-0.25, -0.2) is 4.79 Å². The molecule has 1 saturated heterocycles. The first-order chi connectivity index (χ1) is 15.9. The van der Waals surface area contributed by atoms with Crippen LogP contribution in [0.4, 0.5) is 0 Å². The average molecular weight is 459 g/mol. The summed E-state index contributed by atoms with van der Waals surface area (Å²) < 4.78 is 5.67. The number of carboxylic acids is 1. The lowest BCUT2D eigenvalue weighted by Crippen LogP contribution is -2.59. The Bertz CT molecular complexity index is 851. The van der Waals surface area contributed by atoms with E-state index in [9.17, 15) is 19.5 Å². The Hall–Kier alpha value is -3.10. The molecule has 0 bridgehead atoms. The van der Waals surface area contributed by atoms with Crippen molar-refractivity contribution >= 4 is 23.6 Å². The van der Waals surface area contributed by atoms with Gasteiger partial charge in [0.25, 0.3) is 0 Å². The Labute approximate surface area is 194 Å². The van der Waals surface area contributed by atoms with E-state index < -0.39 is 23.8 Å². The molecule has 33 heavy (non-hydrogen) atoms. The summed E-state index contributed by atoms with van der Waals surface area (Å²) in [4.78, 5) is 40.0. The molecule has 1 aliphatic carbocycles. The number of aliphatic carboxylic acids is 1. The van der Waals surface area contributed by atoms with Gasteiger partial charge in [0.2, 0.25) is 0 Å². The first kappa shape index (κ1) is 24.5. The molecule has 0 radical (unpaired) electrons. The number of benzene rings is 1. The van der Waals surface area contributed by atoms with Crippen LogP contribution in [0.3, 0.4) is 0 Å². The first-order valence-corrected chi connectivity index (χ1v) is 11.8. The lowest BCUT2D eigenvalue weighted by atomic mass is 9.84. The zero-order chi connectivity index (χ0) is 23.8. The van der Waals surface area contributed by atoms with Crippen LogP contribution in [0.15, 0.2) is 24.3 Å². The number of hydrogen-bond acceptors (Lipinski definition) is 5. The maximum atomic E-state index is 12.7. The number of carbonyl (C=O) groups is 3. The number of rotatable bonds is 11. The Balaban J connectivity index is 1.42. The fourth-order valence-corrected chi connectivity index (χ4v) is 4.63. The van der Waals surface area contributed by atoms with Crippen molar-refractivity contribution in [1.29, 1.82) is 5.41 Å². The van der Waals surface area contributed by atoms with E-state index in [1.807, 2.05) is 0 Å². The minimum absolute atomic E-state index is 0.00419. The highest BCUT2D eigenvalue weighted by Crippen LogP contribution is 2.29. The number of piperazine rings is 1. The van der Waals surface area contributed by atoms with Crippen LogP contribution in [-0.2, 0) is 14.4 Å². The number of ether oxygens (including phenoxy) is 1. The molecule has 2 fully saturated rings. The molecule has 1 aliphatic heterocycles. The largest absolute Gasteiger partial charge is 0.494 e. The molecule has 4 N–H and O–H groups in total. The molecule has 1 heterocycles. The van der Waals surface area contributed by atoms with Gasteiger partial charge in [-0.2, -0.15) is 0 Å². The van der Waals surface area contributed by atoms with Crippen molar-refractivity contribution in [3.63, 3.8) is 0 Å². The number of nitrogen functional groups attached to an aromatic ring is 1. The molecule has 9 nitrogen and oxygen atoms in total. The van der Waals surface area contributed by atoms with Crippen molar-refractivity contribution in [3.8, 4) is 5.75 Å². The summed E-state index contributed by atoms with van der Waals surface area (Å²) in [5.74, 6) is -1.35. The second-order valence-electron chi connectivity index (χ2n) is 8.88. The third kappa shape index (κ3) is 6.69. The number of carboxylic acid groups (broad SMARTS) is 1. The van der Waals surface area contributed by atoms with Gasteiger partial charge in [0.15, 0.2) is 0 Å². The second-order valence-corrected chi connectivity index (χ2v) is 8.88. The van der Waals surface area contributed by atoms with Crippen molar-refractivity contribution in [2.24, 2.45) is 11.7 Å². The Morgan fingerprint density at radius 3 is 2.42 bits per heavy atom. The van der Waals surface area contributed by atoms with Crippen LogP contribution in [-0.4, -0.2) is 70.8 Å². The van der Waals surface area contributed by atoms with Crippen LogP contribution < -0.4 is 10.5 Å². The van der Waals surface area contributed by atoms with E-state index in [0.29, 0.717) is 56.2 Å². The number of amidine groups is 1. The molecule has 1 atom stereocenters. The molecular weight excluding hydrogens is 424 g/mol. The number of carbonyl (C=O) groups excluding carboxylic acids is 2. The third-order valence-electron chi connectivity index (χ3n) is 6.54. The van der Waals surface area contributed by atoms with Gasteiger partial charge < -0.3 is 25.4 Å². The van der Waals surface area contributed by atoms with E-state index in [2.05, 4.69) is 0 Å². The van der Waals surface area contributed by atoms with E-state index in [0.717, 1.165) is 25.7 Å². The fourth-order valence-electron chi connectivity index (χ4n) is 4.63. The lowest BCUT2D eigenvalue weighted by Gasteiger charge is -2.38. The Kier molecular flexibility index (Phi) is 8.68. The van der Waals surface area contributed by atoms with E-state index in [4.69, 9.17) is 15.9 Å². The monoisotopic (exact) mass is 458 g/mol. The van der Waals surface area contributed by atoms with Gasteiger partial charge in [-0.15, -0.1) is 0 Å². The van der Waals surface area contributed by atoms with Crippen molar-refractivity contribution in [3.05, 3.63) is 29.8 Å². The van der Waals surface area contributed by atoms with Crippen LogP contribution in [0, 0.1) is 11.3 Å². The van der Waals surface area contributed by atoms with Crippen molar-refractivity contribution in [1.82, 2.24) is 9.80 Å². The smallest absolute Gasteiger partial charge is 0.326 e. The highest BCUT2D eigenvalue weighted by atomic mass is 16.5. The van der Waals surface area contributed by atoms with Gasteiger partial charge in [0.05, 0.1) is 6.61 Å². The molecule has 1 saturated carbocycles. The highest BCUT2D eigenvalue weighted by molar-refractivity contribution is 6.35. The number of unbranched alkanes of at least 4 members (excludes halogenated alkanes) is 1. The second kappa shape index (κ2) is 11.7. The van der Waals surface area contributed by atoms with Crippen LogP contribution >= 0.6 is 0 Å². The number of nitrogens with one attached hydrogen (secondary N) is 1. The normalized spacial score (nSPS) is 18.3. The molecule has 180 valence electrons. The van der Waals surface area contributed by atoms with E-state index in [1.54, 1.807) is 24.3 Å². The van der Waals surface area contributed by atoms with Crippen LogP contribution in [0.2, 0.25) is 0 Å². The molecule has 2 aliphatic rings. The summed E-state index contributed by atoms with van der Waals surface area (Å²) in [6.07, 6.45) is 7.19. The quantitative estimate of drug-likeness (QED) is 0.201. The molecule has 0 spiro atoms. The predicted molar refractivity (Wildman–Crippen MR) is 123 cm³/mol. The lowest BCUT2D eigenvalue weighted by molar-refractivity contribution is -0.163. The summed E-state index contributed by atoms with van der Waals surface area (Å²) in [6.45, 7) is 1.51. The SMILES string of the molecule is N=C(N)c1ccc(OCCCCN2CCN(C(CC3CCCCC3)C(=O)O)C(=O)C2=O)cc1. The van der Waals surface area contributed by atoms with Gasteiger partial charge >= 0.3 is 17.8 Å². The van der Waals surface area contributed by atoms with E-state index >= 15 is 0 Å². The molecule has 0 aromatic heterocycles. The minimum atomic E-state index is -1.02. The van der Waals surface area contributed by atoms with Gasteiger partial charge in [-0.05, 0) is 49.4 Å². The minimum Gasteiger partial charge on any atom is -0.494 e. The Morgan fingerprint density at radius 2 is 1.79 bits per heavy atom. The number of nitrogens with zero attached hydrogens (tertiary/aromatic N) is 2. The molecule has 3 rings (SSSR count). The summed E-state index contributed by atoms with van der Waals surface area (Å²) in [5, 5.41) is 17.1. The third-order valence-corrected chi connectivity index (χ3v) is 6.54. The van der Waals surface area contributed by atoms with E-state index in [-0.39, 0.29) is 12.4 Å². The Morgan fingerprint density at radius 1 is 1.09 bits per heavy atom. The zero-order valence-corrected chi connectivity index (χ0v) is 19.0. The van der Waals surface area contributed by atoms with Gasteiger partial charge in [-0.1, -0.05) is 32.1 Å².